The van der Waals surface area contributed by atoms with Gasteiger partial charge >= 0.3 is 0 Å². The highest BCUT2D eigenvalue weighted by Gasteiger charge is 2.12. The van der Waals surface area contributed by atoms with Crippen LogP contribution >= 0.6 is 0 Å². The van der Waals surface area contributed by atoms with E-state index in [-0.39, 0.29) is 0 Å². The number of nitrogens with one attached hydrogen (secondary N) is 1. The van der Waals surface area contributed by atoms with Crippen LogP contribution in [0, 0.1) is 5.92 Å². The van der Waals surface area contributed by atoms with Crippen molar-refractivity contribution in [3.63, 3.8) is 0 Å². The van der Waals surface area contributed by atoms with Crippen molar-refractivity contribution in [3.05, 3.63) is 0 Å². The predicted molar refractivity (Wildman–Crippen MR) is 68.5 cm³/mol. The molecule has 0 bridgehead atoms. The fourth-order valence-electron chi connectivity index (χ4n) is 2.24. The van der Waals surface area contributed by atoms with Gasteiger partial charge in [0.05, 0.1) is 6.10 Å². The second-order valence-corrected chi connectivity index (χ2v) is 5.02. The molecule has 3 nitrogen and oxygen atoms in total. The third kappa shape index (κ3) is 6.46. The molecule has 0 radical (unpaired) electrons. The molecular formula is C13H28N2O. The summed E-state index contributed by atoms with van der Waals surface area (Å²) in [6.07, 6.45) is 7.98. The number of hydrogen-bond acceptors (Lipinski definition) is 3. The smallest absolute Gasteiger partial charge is 0.0699 e. The molecule has 0 aliphatic carbocycles. The van der Waals surface area contributed by atoms with E-state index in [0.29, 0.717) is 6.10 Å². The minimum absolute atomic E-state index is 0.468. The van der Waals surface area contributed by atoms with Gasteiger partial charge in [-0.15, -0.1) is 0 Å². The highest BCUT2D eigenvalue weighted by Crippen LogP contribution is 2.12. The van der Waals surface area contributed by atoms with Crippen LogP contribution in [0.4, 0.5) is 0 Å². The molecule has 0 aromatic rings. The summed E-state index contributed by atoms with van der Waals surface area (Å²) in [5, 5.41) is 3.50. The summed E-state index contributed by atoms with van der Waals surface area (Å²) in [6, 6.07) is 0. The Hall–Kier alpha value is -0.120. The standard InChI is InChI=1S/C13H28N2O/c1-12(7-8-14)5-4-9-15-11-13-6-2-3-10-16-13/h12-13,15H,2-11,14H2,1H3. The van der Waals surface area contributed by atoms with Gasteiger partial charge in [0.25, 0.3) is 0 Å². The van der Waals surface area contributed by atoms with E-state index in [1.54, 1.807) is 0 Å². The summed E-state index contributed by atoms with van der Waals surface area (Å²) < 4.78 is 5.67. The number of nitrogens with two attached hydrogens (primary N) is 1. The Balaban J connectivity index is 1.87. The van der Waals surface area contributed by atoms with Crippen LogP contribution in [-0.2, 0) is 4.74 Å². The summed E-state index contributed by atoms with van der Waals surface area (Å²) in [4.78, 5) is 0. The topological polar surface area (TPSA) is 47.3 Å². The lowest BCUT2D eigenvalue weighted by molar-refractivity contribution is 0.0170. The first-order chi connectivity index (χ1) is 7.83. The van der Waals surface area contributed by atoms with Crippen molar-refractivity contribution in [1.82, 2.24) is 5.32 Å². The maximum Gasteiger partial charge on any atom is 0.0699 e. The van der Waals surface area contributed by atoms with E-state index in [1.807, 2.05) is 0 Å². The fourth-order valence-corrected chi connectivity index (χ4v) is 2.24. The lowest BCUT2D eigenvalue weighted by Crippen LogP contribution is -2.32. The fraction of sp³-hybridized carbons (Fsp3) is 1.00. The van der Waals surface area contributed by atoms with Crippen molar-refractivity contribution in [2.75, 3.05) is 26.2 Å². The molecule has 1 fully saturated rings. The van der Waals surface area contributed by atoms with Gasteiger partial charge in [0.2, 0.25) is 0 Å². The Bertz CT molecular complexity index is 158. The molecule has 2 atom stereocenters. The van der Waals surface area contributed by atoms with E-state index in [1.165, 1.54) is 32.1 Å². The van der Waals surface area contributed by atoms with Crippen molar-refractivity contribution in [2.45, 2.75) is 51.6 Å². The van der Waals surface area contributed by atoms with E-state index in [2.05, 4.69) is 12.2 Å². The molecule has 1 heterocycles. The molecular weight excluding hydrogens is 200 g/mol. The van der Waals surface area contributed by atoms with Crippen molar-refractivity contribution in [3.8, 4) is 0 Å². The molecule has 1 saturated heterocycles. The Labute approximate surface area is 100 Å². The molecule has 1 aliphatic heterocycles. The molecule has 0 spiro atoms. The average Bonchev–Trinajstić information content (AvgIpc) is 2.30. The molecule has 96 valence electrons. The molecule has 0 amide bonds. The van der Waals surface area contributed by atoms with Gasteiger partial charge in [0, 0.05) is 13.2 Å². The van der Waals surface area contributed by atoms with Gasteiger partial charge < -0.3 is 15.8 Å². The third-order valence-electron chi connectivity index (χ3n) is 3.36. The minimum atomic E-state index is 0.468. The van der Waals surface area contributed by atoms with Crippen LogP contribution in [0.5, 0.6) is 0 Å². The Morgan fingerprint density at radius 1 is 1.38 bits per heavy atom. The van der Waals surface area contributed by atoms with Crippen LogP contribution < -0.4 is 11.1 Å². The first-order valence-electron chi connectivity index (χ1n) is 6.85. The highest BCUT2D eigenvalue weighted by atomic mass is 16.5. The molecule has 3 heteroatoms. The van der Waals surface area contributed by atoms with Crippen molar-refractivity contribution in [2.24, 2.45) is 11.7 Å². The largest absolute Gasteiger partial charge is 0.377 e. The van der Waals surface area contributed by atoms with Crippen LogP contribution in [0.3, 0.4) is 0 Å². The summed E-state index contributed by atoms with van der Waals surface area (Å²) in [5.74, 6) is 0.776. The molecule has 0 saturated carbocycles. The Morgan fingerprint density at radius 3 is 2.94 bits per heavy atom. The lowest BCUT2D eigenvalue weighted by Gasteiger charge is -2.22. The maximum absolute atomic E-state index is 5.67. The monoisotopic (exact) mass is 228 g/mol. The highest BCUT2D eigenvalue weighted by molar-refractivity contribution is 4.66. The van der Waals surface area contributed by atoms with E-state index in [0.717, 1.165) is 38.6 Å². The van der Waals surface area contributed by atoms with Gasteiger partial charge in [0.1, 0.15) is 0 Å². The number of ether oxygens (including phenoxy) is 1. The first kappa shape index (κ1) is 13.9. The van der Waals surface area contributed by atoms with Crippen LogP contribution in [0.25, 0.3) is 0 Å². The quantitative estimate of drug-likeness (QED) is 0.624. The second-order valence-electron chi connectivity index (χ2n) is 5.02. The zero-order valence-electron chi connectivity index (χ0n) is 10.7. The summed E-state index contributed by atoms with van der Waals surface area (Å²) >= 11 is 0. The van der Waals surface area contributed by atoms with Gasteiger partial charge in [-0.1, -0.05) is 6.92 Å². The van der Waals surface area contributed by atoms with Gasteiger partial charge in [-0.3, -0.25) is 0 Å². The van der Waals surface area contributed by atoms with Crippen LogP contribution in [0.15, 0.2) is 0 Å². The van der Waals surface area contributed by atoms with Gasteiger partial charge in [-0.25, -0.2) is 0 Å². The van der Waals surface area contributed by atoms with Gasteiger partial charge in [0.15, 0.2) is 0 Å². The molecule has 3 N–H and O–H groups in total. The maximum atomic E-state index is 5.67. The zero-order valence-corrected chi connectivity index (χ0v) is 10.7. The normalized spacial score (nSPS) is 23.2. The minimum Gasteiger partial charge on any atom is -0.377 e. The van der Waals surface area contributed by atoms with Crippen LogP contribution in [0.2, 0.25) is 0 Å². The van der Waals surface area contributed by atoms with Crippen LogP contribution in [-0.4, -0.2) is 32.3 Å². The van der Waals surface area contributed by atoms with Gasteiger partial charge in [-0.05, 0) is 57.5 Å². The van der Waals surface area contributed by atoms with E-state index >= 15 is 0 Å². The number of hydrogen-bond donors (Lipinski definition) is 2. The first-order valence-corrected chi connectivity index (χ1v) is 6.85. The number of rotatable bonds is 8. The molecule has 1 rings (SSSR count). The predicted octanol–water partition coefficient (Wildman–Crippen LogP) is 1.91. The molecule has 1 aliphatic rings. The van der Waals surface area contributed by atoms with Crippen LogP contribution in [0.1, 0.15) is 45.4 Å². The molecule has 16 heavy (non-hydrogen) atoms. The van der Waals surface area contributed by atoms with Crippen molar-refractivity contribution < 1.29 is 4.74 Å². The van der Waals surface area contributed by atoms with Gasteiger partial charge in [-0.2, -0.15) is 0 Å². The summed E-state index contributed by atoms with van der Waals surface area (Å²) in [6.45, 7) is 6.22. The van der Waals surface area contributed by atoms with E-state index < -0.39 is 0 Å². The lowest BCUT2D eigenvalue weighted by atomic mass is 10.0. The Morgan fingerprint density at radius 2 is 2.25 bits per heavy atom. The molecule has 0 aromatic carbocycles. The average molecular weight is 228 g/mol. The van der Waals surface area contributed by atoms with E-state index in [4.69, 9.17) is 10.5 Å². The third-order valence-corrected chi connectivity index (χ3v) is 3.36. The summed E-state index contributed by atoms with van der Waals surface area (Å²) in [5.41, 5.74) is 5.53. The Kier molecular flexibility index (Phi) is 7.81. The molecule has 2 unspecified atom stereocenters. The van der Waals surface area contributed by atoms with Crippen molar-refractivity contribution in [1.29, 1.82) is 0 Å². The SMILES string of the molecule is CC(CCN)CCCNCC1CCCCO1. The van der Waals surface area contributed by atoms with E-state index in [9.17, 15) is 0 Å². The zero-order chi connectivity index (χ0) is 11.6. The second kappa shape index (κ2) is 8.97. The van der Waals surface area contributed by atoms with Crippen molar-refractivity contribution >= 4 is 0 Å². The molecule has 0 aromatic heterocycles. The summed E-state index contributed by atoms with van der Waals surface area (Å²) in [7, 11) is 0.